The molecule has 0 atom stereocenters. The van der Waals surface area contributed by atoms with Crippen LogP contribution in [0.15, 0.2) is 82.6 Å². The van der Waals surface area contributed by atoms with Crippen molar-refractivity contribution in [1.29, 1.82) is 0 Å². The van der Waals surface area contributed by atoms with Crippen molar-refractivity contribution in [3.8, 4) is 28.3 Å². The Bertz CT molecular complexity index is 2590. The number of methoxy groups -OCH3 is 1. The zero-order chi connectivity index (χ0) is 39.3. The van der Waals surface area contributed by atoms with E-state index in [0.29, 0.717) is 39.5 Å². The Labute approximate surface area is 314 Å². The van der Waals surface area contributed by atoms with Gasteiger partial charge in [0.05, 0.1) is 46.9 Å². The number of carbonyl (C=O) groups excluding carboxylic acids is 2. The van der Waals surface area contributed by atoms with E-state index in [0.717, 1.165) is 39.9 Å². The van der Waals surface area contributed by atoms with E-state index in [4.69, 9.17) is 21.1 Å². The van der Waals surface area contributed by atoms with Crippen LogP contribution >= 0.6 is 11.6 Å². The molecule has 54 heavy (non-hydrogen) atoms. The summed E-state index contributed by atoms with van der Waals surface area (Å²) in [5.41, 5.74) is 4.44. The largest absolute Gasteiger partial charge is 0.465 e. The number of anilines is 1. The van der Waals surface area contributed by atoms with Gasteiger partial charge in [0, 0.05) is 42.6 Å². The molecule has 0 aliphatic heterocycles. The van der Waals surface area contributed by atoms with Crippen molar-refractivity contribution in [2.24, 2.45) is 14.1 Å². The molecule has 0 saturated heterocycles. The average molecular weight is 777 g/mol. The Morgan fingerprint density at radius 3 is 1.96 bits per heavy atom. The first-order valence-electron chi connectivity index (χ1n) is 16.4. The fourth-order valence-corrected chi connectivity index (χ4v) is 6.29. The van der Waals surface area contributed by atoms with Gasteiger partial charge in [-0.25, -0.2) is 27.6 Å². The number of hydrogen-bond donors (Lipinski definition) is 3. The Balaban J connectivity index is 0.000000210. The van der Waals surface area contributed by atoms with Crippen LogP contribution in [0.4, 0.5) is 10.5 Å². The monoisotopic (exact) mass is 776 g/mol. The second-order valence-electron chi connectivity index (χ2n) is 11.9. The number of aryl methyl sites for hydroxylation is 4. The van der Waals surface area contributed by atoms with Crippen molar-refractivity contribution in [3.63, 3.8) is 0 Å². The quantitative estimate of drug-likeness (QED) is 0.170. The van der Waals surface area contributed by atoms with Gasteiger partial charge in [0.2, 0.25) is 10.0 Å². The van der Waals surface area contributed by atoms with E-state index < -0.39 is 33.3 Å². The van der Waals surface area contributed by atoms with Gasteiger partial charge < -0.3 is 14.5 Å². The maximum atomic E-state index is 12.6. The van der Waals surface area contributed by atoms with E-state index in [1.54, 1.807) is 77.3 Å². The summed E-state index contributed by atoms with van der Waals surface area (Å²) in [5.74, 6) is -0.244. The standard InChI is InChI=1S/C21H20ClN3O4.C15H17N5O4S/c1-4-13-11-18(24-21(27)29-15-7-5-14(22)6-8-15)17(20(26)28-3)12-16(13)19-9-10-23-25(19)2;1-4-9-7-12-11(8-10(9)13-5-6-16-19(13)2)14(21)20(15(22)17-12)18-25(3,23)24/h5-12H,4H2,1-3H3,(H,24,27);5-8,18H,4H2,1-3H3,(H,17,22). The molecule has 0 fully saturated rings. The number of benzene rings is 3. The van der Waals surface area contributed by atoms with Crippen LogP contribution in [0.3, 0.4) is 0 Å². The van der Waals surface area contributed by atoms with Crippen LogP contribution in [0.1, 0.15) is 35.3 Å². The van der Waals surface area contributed by atoms with Crippen molar-refractivity contribution < 1.29 is 27.5 Å². The number of rotatable bonds is 9. The number of H-pyrrole nitrogens is 1. The van der Waals surface area contributed by atoms with Crippen molar-refractivity contribution in [3.05, 3.63) is 116 Å². The zero-order valence-corrected chi connectivity index (χ0v) is 31.7. The van der Waals surface area contributed by atoms with E-state index in [1.165, 1.54) is 7.11 Å². The summed E-state index contributed by atoms with van der Waals surface area (Å²) in [4.78, 5) is 53.9. The molecule has 1 amide bonds. The first kappa shape index (κ1) is 39.0. The maximum Gasteiger partial charge on any atom is 0.417 e. The van der Waals surface area contributed by atoms with Crippen LogP contribution in [0.5, 0.6) is 5.75 Å². The first-order valence-corrected chi connectivity index (χ1v) is 18.7. The Morgan fingerprint density at radius 1 is 0.870 bits per heavy atom. The van der Waals surface area contributed by atoms with Crippen LogP contribution in [-0.2, 0) is 41.7 Å². The summed E-state index contributed by atoms with van der Waals surface area (Å²) in [6.45, 7) is 3.95. The molecule has 3 aromatic heterocycles. The molecule has 0 aliphatic rings. The predicted molar refractivity (Wildman–Crippen MR) is 205 cm³/mol. The molecule has 3 heterocycles. The normalized spacial score (nSPS) is 11.1. The summed E-state index contributed by atoms with van der Waals surface area (Å²) >= 11 is 5.84. The number of fused-ring (bicyclic) bond motifs is 1. The Kier molecular flexibility index (Phi) is 11.7. The summed E-state index contributed by atoms with van der Waals surface area (Å²) in [6, 6.07) is 16.9. The fourth-order valence-electron chi connectivity index (χ4n) is 5.67. The molecular weight excluding hydrogens is 740 g/mol. The van der Waals surface area contributed by atoms with Gasteiger partial charge >= 0.3 is 17.8 Å². The highest BCUT2D eigenvalue weighted by atomic mass is 35.5. The molecule has 18 heteroatoms. The molecular formula is C36H37ClN8O8S. The average Bonchev–Trinajstić information content (AvgIpc) is 3.77. The number of aromatic amines is 1. The molecule has 0 aliphatic carbocycles. The second-order valence-corrected chi connectivity index (χ2v) is 14.1. The van der Waals surface area contributed by atoms with Crippen LogP contribution in [0.2, 0.25) is 5.02 Å². The zero-order valence-electron chi connectivity index (χ0n) is 30.1. The molecule has 16 nitrogen and oxygen atoms in total. The SMILES string of the molecule is CCc1cc(NC(=O)Oc2ccc(Cl)cc2)c(C(=O)OC)cc1-c1ccnn1C.CCc1cc2[nH]c(=O)n(NS(C)(=O)=O)c(=O)c2cc1-c1ccnn1C. The number of hydrogen-bond acceptors (Lipinski definition) is 10. The minimum Gasteiger partial charge on any atom is -0.465 e. The molecule has 282 valence electrons. The maximum absolute atomic E-state index is 12.6. The number of amides is 1. The lowest BCUT2D eigenvalue weighted by molar-refractivity contribution is 0.0602. The second kappa shape index (κ2) is 16.2. The number of carbonyl (C=O) groups is 2. The van der Waals surface area contributed by atoms with Crippen LogP contribution in [-0.4, -0.2) is 63.1 Å². The van der Waals surface area contributed by atoms with E-state index in [2.05, 4.69) is 20.5 Å². The van der Waals surface area contributed by atoms with Crippen molar-refractivity contribution in [1.82, 2.24) is 29.2 Å². The topological polar surface area (TPSA) is 201 Å². The van der Waals surface area contributed by atoms with Gasteiger partial charge in [-0.1, -0.05) is 25.4 Å². The summed E-state index contributed by atoms with van der Waals surface area (Å²) < 4.78 is 36.8. The van der Waals surface area contributed by atoms with Crippen LogP contribution in [0, 0.1) is 0 Å². The van der Waals surface area contributed by atoms with E-state index >= 15 is 0 Å². The third-order valence-corrected chi connectivity index (χ3v) is 9.01. The molecule has 0 saturated carbocycles. The highest BCUT2D eigenvalue weighted by Gasteiger charge is 2.21. The van der Waals surface area contributed by atoms with E-state index in [1.807, 2.05) is 37.9 Å². The van der Waals surface area contributed by atoms with Crippen molar-refractivity contribution in [2.75, 3.05) is 23.5 Å². The van der Waals surface area contributed by atoms with Crippen LogP contribution < -0.4 is 26.1 Å². The van der Waals surface area contributed by atoms with Crippen molar-refractivity contribution in [2.45, 2.75) is 26.7 Å². The smallest absolute Gasteiger partial charge is 0.417 e. The number of ether oxygens (including phenoxy) is 2. The molecule has 0 radical (unpaired) electrons. The summed E-state index contributed by atoms with van der Waals surface area (Å²) in [5, 5.41) is 11.7. The van der Waals surface area contributed by atoms with E-state index in [-0.39, 0.29) is 10.9 Å². The number of nitrogens with zero attached hydrogens (tertiary/aromatic N) is 5. The third kappa shape index (κ3) is 8.70. The molecule has 0 bridgehead atoms. The molecule has 0 unspecified atom stereocenters. The Morgan fingerprint density at radius 2 is 1.44 bits per heavy atom. The third-order valence-electron chi connectivity index (χ3n) is 8.24. The van der Waals surface area contributed by atoms with Gasteiger partial charge in [-0.05, 0) is 84.6 Å². The molecule has 6 aromatic rings. The lowest BCUT2D eigenvalue weighted by Gasteiger charge is -2.16. The lowest BCUT2D eigenvalue weighted by atomic mass is 9.97. The number of sulfonamides is 1. The first-order chi connectivity index (χ1) is 25.6. The van der Waals surface area contributed by atoms with Crippen molar-refractivity contribution >= 4 is 50.3 Å². The minimum atomic E-state index is -3.78. The number of nitrogens with one attached hydrogen (secondary N) is 3. The Hall–Kier alpha value is -6.20. The predicted octanol–water partition coefficient (Wildman–Crippen LogP) is 4.86. The van der Waals surface area contributed by atoms with Gasteiger partial charge in [-0.15, -0.1) is 0 Å². The molecule has 3 aromatic carbocycles. The summed E-state index contributed by atoms with van der Waals surface area (Å²) in [7, 11) is 1.11. The lowest BCUT2D eigenvalue weighted by Crippen LogP contribution is -2.43. The number of halogens is 1. The highest BCUT2D eigenvalue weighted by molar-refractivity contribution is 7.91. The van der Waals surface area contributed by atoms with E-state index in [9.17, 15) is 27.6 Å². The summed E-state index contributed by atoms with van der Waals surface area (Å²) in [6.07, 6.45) is 4.83. The highest BCUT2D eigenvalue weighted by Crippen LogP contribution is 2.31. The molecule has 0 spiro atoms. The number of aromatic nitrogens is 6. The number of esters is 1. The van der Waals surface area contributed by atoms with Gasteiger partial charge in [-0.2, -0.15) is 14.9 Å². The van der Waals surface area contributed by atoms with Gasteiger partial charge in [0.15, 0.2) is 0 Å². The minimum absolute atomic E-state index is 0.198. The molecule has 6 rings (SSSR count). The van der Waals surface area contributed by atoms with Crippen LogP contribution in [0.25, 0.3) is 33.4 Å². The van der Waals surface area contributed by atoms with Gasteiger partial charge in [-0.3, -0.25) is 19.5 Å². The fraction of sp³-hybridized carbons (Fsp3) is 0.222. The van der Waals surface area contributed by atoms with Gasteiger partial charge in [0.25, 0.3) is 5.56 Å². The van der Waals surface area contributed by atoms with Gasteiger partial charge in [0.1, 0.15) is 5.75 Å². The molecule has 3 N–H and O–H groups in total.